The van der Waals surface area contributed by atoms with Crippen LogP contribution in [0, 0.1) is 6.92 Å². The molecule has 29 heavy (non-hydrogen) atoms. The molecule has 8 heteroatoms. The molecular weight excluding hydrogens is 392 g/mol. The number of nitrogens with zero attached hydrogens (tertiary/aromatic N) is 1. The lowest BCUT2D eigenvalue weighted by molar-refractivity contribution is -0.119. The fourth-order valence-electron chi connectivity index (χ4n) is 2.72. The normalized spacial score (nSPS) is 11.0. The van der Waals surface area contributed by atoms with Crippen molar-refractivity contribution >= 4 is 21.6 Å². The lowest BCUT2D eigenvalue weighted by Crippen LogP contribution is -2.41. The molecule has 0 radical (unpaired) electrons. The first kappa shape index (κ1) is 22.5. The summed E-state index contributed by atoms with van der Waals surface area (Å²) in [6.45, 7) is 4.01. The summed E-state index contributed by atoms with van der Waals surface area (Å²) in [5.41, 5.74) is 1.17. The molecule has 0 aromatic heterocycles. The van der Waals surface area contributed by atoms with Crippen molar-refractivity contribution in [2.45, 2.75) is 31.6 Å². The van der Waals surface area contributed by atoms with Gasteiger partial charge in [-0.2, -0.15) is 0 Å². The molecule has 0 atom stereocenters. The smallest absolute Gasteiger partial charge is 0.264 e. The zero-order chi connectivity index (χ0) is 21.4. The quantitative estimate of drug-likeness (QED) is 0.597. The van der Waals surface area contributed by atoms with Crippen LogP contribution in [0.4, 0.5) is 5.69 Å². The van der Waals surface area contributed by atoms with E-state index in [1.807, 2.05) is 13.8 Å². The molecule has 0 spiro atoms. The maximum atomic E-state index is 13.4. The molecule has 0 saturated carbocycles. The van der Waals surface area contributed by atoms with Crippen LogP contribution >= 0.6 is 0 Å². The van der Waals surface area contributed by atoms with Gasteiger partial charge in [0.1, 0.15) is 18.0 Å². The Labute approximate surface area is 172 Å². The molecule has 1 N–H and O–H groups in total. The Morgan fingerprint density at radius 2 is 1.76 bits per heavy atom. The molecule has 7 nitrogen and oxygen atoms in total. The topological polar surface area (TPSA) is 84.9 Å². The molecule has 0 fully saturated rings. The highest BCUT2D eigenvalue weighted by molar-refractivity contribution is 7.92. The van der Waals surface area contributed by atoms with E-state index < -0.39 is 10.0 Å². The summed E-state index contributed by atoms with van der Waals surface area (Å²) in [5.74, 6) is 0.387. The van der Waals surface area contributed by atoms with Crippen LogP contribution in [0.15, 0.2) is 47.4 Å². The molecule has 0 aliphatic rings. The molecule has 0 aliphatic carbocycles. The van der Waals surface area contributed by atoms with Gasteiger partial charge in [0.2, 0.25) is 5.91 Å². The number of aryl methyl sites for hydroxylation is 1. The van der Waals surface area contributed by atoms with Gasteiger partial charge in [-0.25, -0.2) is 8.42 Å². The third kappa shape index (κ3) is 5.63. The summed E-state index contributed by atoms with van der Waals surface area (Å²) in [6, 6.07) is 11.3. The van der Waals surface area contributed by atoms with Crippen LogP contribution < -0.4 is 19.1 Å². The SMILES string of the molecule is CCCCNC(=O)CN(c1cc(OC)ccc1OC)S(=O)(=O)c1ccc(C)cc1. The number of hydrogen-bond donors (Lipinski definition) is 1. The Morgan fingerprint density at radius 3 is 2.34 bits per heavy atom. The Bertz CT molecular complexity index is 927. The van der Waals surface area contributed by atoms with E-state index in [9.17, 15) is 13.2 Å². The van der Waals surface area contributed by atoms with E-state index in [2.05, 4.69) is 5.32 Å². The number of ether oxygens (including phenoxy) is 2. The van der Waals surface area contributed by atoms with Gasteiger partial charge in [0.25, 0.3) is 10.0 Å². The summed E-state index contributed by atoms with van der Waals surface area (Å²) in [5, 5.41) is 2.77. The van der Waals surface area contributed by atoms with E-state index >= 15 is 0 Å². The number of hydrogen-bond acceptors (Lipinski definition) is 5. The highest BCUT2D eigenvalue weighted by atomic mass is 32.2. The summed E-state index contributed by atoms with van der Waals surface area (Å²) in [4.78, 5) is 12.6. The maximum Gasteiger partial charge on any atom is 0.264 e. The van der Waals surface area contributed by atoms with E-state index in [0.29, 0.717) is 18.0 Å². The predicted molar refractivity (Wildman–Crippen MR) is 113 cm³/mol. The number of carbonyl (C=O) groups excluding carboxylic acids is 1. The molecule has 0 saturated heterocycles. The van der Waals surface area contributed by atoms with Gasteiger partial charge in [-0.3, -0.25) is 9.10 Å². The Kier molecular flexibility index (Phi) is 7.90. The molecule has 0 heterocycles. The lowest BCUT2D eigenvalue weighted by atomic mass is 10.2. The van der Waals surface area contributed by atoms with Crippen LogP contribution in [0.2, 0.25) is 0 Å². The number of methoxy groups -OCH3 is 2. The molecule has 2 rings (SSSR count). The first-order chi connectivity index (χ1) is 13.8. The third-order valence-corrected chi connectivity index (χ3v) is 6.18. The van der Waals surface area contributed by atoms with Gasteiger partial charge >= 0.3 is 0 Å². The second-order valence-electron chi connectivity index (χ2n) is 6.57. The second kappa shape index (κ2) is 10.2. The first-order valence-electron chi connectivity index (χ1n) is 9.41. The van der Waals surface area contributed by atoms with Crippen molar-refractivity contribution in [3.8, 4) is 11.5 Å². The van der Waals surface area contributed by atoms with Crippen molar-refractivity contribution in [2.75, 3.05) is 31.6 Å². The van der Waals surface area contributed by atoms with Crippen molar-refractivity contribution in [1.29, 1.82) is 0 Å². The summed E-state index contributed by atoms with van der Waals surface area (Å²) < 4.78 is 38.5. The van der Waals surface area contributed by atoms with Crippen molar-refractivity contribution in [3.63, 3.8) is 0 Å². The van der Waals surface area contributed by atoms with E-state index in [4.69, 9.17) is 9.47 Å². The predicted octanol–water partition coefficient (Wildman–Crippen LogP) is 3.12. The first-order valence-corrected chi connectivity index (χ1v) is 10.9. The van der Waals surface area contributed by atoms with Crippen LogP contribution in [0.5, 0.6) is 11.5 Å². The van der Waals surface area contributed by atoms with Crippen LogP contribution in [0.3, 0.4) is 0 Å². The monoisotopic (exact) mass is 420 g/mol. The molecule has 0 bridgehead atoms. The zero-order valence-corrected chi connectivity index (χ0v) is 18.1. The van der Waals surface area contributed by atoms with Crippen molar-refractivity contribution in [2.24, 2.45) is 0 Å². The minimum absolute atomic E-state index is 0.0920. The third-order valence-electron chi connectivity index (χ3n) is 4.40. The molecule has 0 aliphatic heterocycles. The highest BCUT2D eigenvalue weighted by Crippen LogP contribution is 2.35. The Balaban J connectivity index is 2.51. The van der Waals surface area contributed by atoms with Crippen molar-refractivity contribution in [1.82, 2.24) is 5.32 Å². The van der Waals surface area contributed by atoms with Gasteiger partial charge in [-0.15, -0.1) is 0 Å². The number of sulfonamides is 1. The number of rotatable bonds is 10. The number of anilines is 1. The van der Waals surface area contributed by atoms with Gasteiger partial charge in [0.05, 0.1) is 24.8 Å². The van der Waals surface area contributed by atoms with Gasteiger partial charge < -0.3 is 14.8 Å². The molecule has 2 aromatic rings. The van der Waals surface area contributed by atoms with E-state index in [0.717, 1.165) is 22.7 Å². The number of unbranched alkanes of at least 4 members (excludes halogenated alkanes) is 1. The average molecular weight is 421 g/mol. The number of carbonyl (C=O) groups is 1. The summed E-state index contributed by atoms with van der Waals surface area (Å²) in [6.07, 6.45) is 1.74. The number of benzene rings is 2. The van der Waals surface area contributed by atoms with Gasteiger partial charge in [-0.05, 0) is 37.6 Å². The standard InChI is InChI=1S/C21H28N2O5S/c1-5-6-13-22-21(24)15-23(19-14-17(27-3)9-12-20(19)28-4)29(25,26)18-10-7-16(2)8-11-18/h7-12,14H,5-6,13,15H2,1-4H3,(H,22,24). The van der Waals surface area contributed by atoms with Crippen molar-refractivity contribution in [3.05, 3.63) is 48.0 Å². The van der Waals surface area contributed by atoms with E-state index in [1.165, 1.54) is 26.4 Å². The maximum absolute atomic E-state index is 13.4. The molecule has 158 valence electrons. The fraction of sp³-hybridized carbons (Fsp3) is 0.381. The molecular formula is C21H28N2O5S. The van der Waals surface area contributed by atoms with Crippen LogP contribution in [-0.4, -0.2) is 41.6 Å². The number of amides is 1. The lowest BCUT2D eigenvalue weighted by Gasteiger charge is -2.26. The second-order valence-corrected chi connectivity index (χ2v) is 8.43. The van der Waals surface area contributed by atoms with Crippen LogP contribution in [-0.2, 0) is 14.8 Å². The van der Waals surface area contributed by atoms with E-state index in [1.54, 1.807) is 30.3 Å². The van der Waals surface area contributed by atoms with Crippen molar-refractivity contribution < 1.29 is 22.7 Å². The van der Waals surface area contributed by atoms with Gasteiger partial charge in [-0.1, -0.05) is 31.0 Å². The van der Waals surface area contributed by atoms with Crippen LogP contribution in [0.25, 0.3) is 0 Å². The molecule has 2 aromatic carbocycles. The Hall–Kier alpha value is -2.74. The van der Waals surface area contributed by atoms with Crippen LogP contribution in [0.1, 0.15) is 25.3 Å². The van der Waals surface area contributed by atoms with Gasteiger partial charge in [0.15, 0.2) is 0 Å². The summed E-state index contributed by atoms with van der Waals surface area (Å²) in [7, 11) is -1.08. The van der Waals surface area contributed by atoms with Gasteiger partial charge in [0, 0.05) is 12.6 Å². The largest absolute Gasteiger partial charge is 0.497 e. The average Bonchev–Trinajstić information content (AvgIpc) is 2.72. The minimum Gasteiger partial charge on any atom is -0.497 e. The molecule has 1 amide bonds. The highest BCUT2D eigenvalue weighted by Gasteiger charge is 2.29. The minimum atomic E-state index is -4.02. The number of nitrogens with one attached hydrogen (secondary N) is 1. The molecule has 0 unspecified atom stereocenters. The zero-order valence-electron chi connectivity index (χ0n) is 17.3. The summed E-state index contributed by atoms with van der Waals surface area (Å²) >= 11 is 0. The fourth-order valence-corrected chi connectivity index (χ4v) is 4.14. The van der Waals surface area contributed by atoms with E-state index in [-0.39, 0.29) is 23.0 Å². The Morgan fingerprint density at radius 1 is 1.07 bits per heavy atom.